The zero-order valence-corrected chi connectivity index (χ0v) is 11.9. The first-order valence-corrected chi connectivity index (χ1v) is 7.03. The van der Waals surface area contributed by atoms with E-state index >= 15 is 0 Å². The van der Waals surface area contributed by atoms with Crippen LogP contribution in [0.15, 0.2) is 12.2 Å². The summed E-state index contributed by atoms with van der Waals surface area (Å²) in [5.41, 5.74) is -1.90. The van der Waals surface area contributed by atoms with Gasteiger partial charge in [0, 0.05) is 18.5 Å². The third-order valence-electron chi connectivity index (χ3n) is 5.77. The Hall–Kier alpha value is -1.32. The van der Waals surface area contributed by atoms with Gasteiger partial charge in [0.1, 0.15) is 0 Å². The average Bonchev–Trinajstić information content (AvgIpc) is 2.69. The van der Waals surface area contributed by atoms with Gasteiger partial charge < -0.3 is 9.64 Å². The molecule has 4 heteroatoms. The van der Waals surface area contributed by atoms with E-state index in [1.165, 1.54) is 0 Å². The van der Waals surface area contributed by atoms with Gasteiger partial charge in [-0.1, -0.05) is 26.0 Å². The molecule has 19 heavy (non-hydrogen) atoms. The molecule has 1 amide bonds. The molecule has 3 rings (SSSR count). The fourth-order valence-electron chi connectivity index (χ4n) is 3.80. The Morgan fingerprint density at radius 1 is 1.26 bits per heavy atom. The van der Waals surface area contributed by atoms with Crippen molar-refractivity contribution in [1.29, 1.82) is 0 Å². The lowest BCUT2D eigenvalue weighted by atomic mass is 9.66. The first-order valence-electron chi connectivity index (χ1n) is 7.03. The van der Waals surface area contributed by atoms with Crippen LogP contribution in [0.25, 0.3) is 0 Å². The molecule has 2 atom stereocenters. The minimum atomic E-state index is -0.940. The van der Waals surface area contributed by atoms with E-state index < -0.39 is 16.4 Å². The van der Waals surface area contributed by atoms with Crippen LogP contribution < -0.4 is 0 Å². The van der Waals surface area contributed by atoms with Crippen molar-refractivity contribution in [1.82, 2.24) is 4.90 Å². The van der Waals surface area contributed by atoms with E-state index in [0.717, 1.165) is 19.4 Å². The van der Waals surface area contributed by atoms with Gasteiger partial charge >= 0.3 is 5.97 Å². The Morgan fingerprint density at radius 2 is 2.00 bits per heavy atom. The molecular formula is C15H21NO3. The molecule has 0 unspecified atom stereocenters. The molecule has 0 radical (unpaired) electrons. The van der Waals surface area contributed by atoms with Gasteiger partial charge in [-0.05, 0) is 26.2 Å². The molecule has 2 bridgehead atoms. The highest BCUT2D eigenvalue weighted by molar-refractivity contribution is 5.96. The van der Waals surface area contributed by atoms with Crippen LogP contribution in [0.3, 0.4) is 0 Å². The zero-order chi connectivity index (χ0) is 13.9. The number of fused-ring (bicyclic) bond motifs is 2. The number of hydrogen-bond acceptors (Lipinski definition) is 3. The van der Waals surface area contributed by atoms with Crippen molar-refractivity contribution in [3.63, 3.8) is 0 Å². The molecule has 2 aliphatic heterocycles. The Balaban J connectivity index is 1.98. The highest BCUT2D eigenvalue weighted by Gasteiger charge is 2.76. The van der Waals surface area contributed by atoms with Crippen LogP contribution in [0.5, 0.6) is 0 Å². The van der Waals surface area contributed by atoms with E-state index in [1.807, 2.05) is 31.7 Å². The fourth-order valence-corrected chi connectivity index (χ4v) is 3.80. The lowest BCUT2D eigenvalue weighted by Gasteiger charge is -2.39. The summed E-state index contributed by atoms with van der Waals surface area (Å²) in [6, 6.07) is 0. The maximum Gasteiger partial charge on any atom is 0.313 e. The third kappa shape index (κ3) is 1.30. The Kier molecular flexibility index (Phi) is 2.42. The summed E-state index contributed by atoms with van der Waals surface area (Å²) in [6.45, 7) is 7.30. The molecular weight excluding hydrogens is 242 g/mol. The van der Waals surface area contributed by atoms with Gasteiger partial charge in [-0.25, -0.2) is 0 Å². The van der Waals surface area contributed by atoms with Crippen molar-refractivity contribution in [3.8, 4) is 0 Å². The Labute approximate surface area is 113 Å². The Morgan fingerprint density at radius 3 is 2.47 bits per heavy atom. The topological polar surface area (TPSA) is 46.6 Å². The van der Waals surface area contributed by atoms with E-state index in [-0.39, 0.29) is 11.9 Å². The van der Waals surface area contributed by atoms with Crippen LogP contribution in [-0.4, -0.2) is 35.5 Å². The molecule has 0 aromatic rings. The largest absolute Gasteiger partial charge is 0.448 e. The number of carbonyl (C=O) groups is 2. The second-order valence-electron chi connectivity index (χ2n) is 6.68. The maximum atomic E-state index is 12.9. The second-order valence-corrected chi connectivity index (χ2v) is 6.68. The van der Waals surface area contributed by atoms with Crippen molar-refractivity contribution >= 4 is 11.9 Å². The van der Waals surface area contributed by atoms with Crippen LogP contribution in [0, 0.1) is 10.8 Å². The molecule has 4 nitrogen and oxygen atoms in total. The predicted octanol–water partition coefficient (Wildman–Crippen LogP) is 1.90. The molecule has 3 aliphatic rings. The fraction of sp³-hybridized carbons (Fsp3) is 0.733. The number of nitrogens with zero attached hydrogens (tertiary/aromatic N) is 1. The summed E-state index contributed by atoms with van der Waals surface area (Å²) >= 11 is 0. The summed E-state index contributed by atoms with van der Waals surface area (Å²) < 4.78 is 5.63. The van der Waals surface area contributed by atoms with E-state index in [0.29, 0.717) is 13.0 Å². The Bertz CT molecular complexity index is 482. The van der Waals surface area contributed by atoms with Crippen molar-refractivity contribution in [2.24, 2.45) is 10.8 Å². The SMILES string of the molecule is CC1(C)[C@@]2(C)CC[C@]1(C(=O)N1CC=CCC1)OC2=O. The lowest BCUT2D eigenvalue weighted by Crippen LogP contribution is -2.55. The molecule has 1 saturated carbocycles. The first-order chi connectivity index (χ1) is 8.85. The molecule has 0 aromatic carbocycles. The molecule has 0 N–H and O–H groups in total. The minimum absolute atomic E-state index is 0.00331. The van der Waals surface area contributed by atoms with Gasteiger partial charge in [-0.3, -0.25) is 9.59 Å². The summed E-state index contributed by atoms with van der Waals surface area (Å²) in [5.74, 6) is -0.207. The van der Waals surface area contributed by atoms with E-state index in [1.54, 1.807) is 0 Å². The molecule has 2 fully saturated rings. The summed E-state index contributed by atoms with van der Waals surface area (Å²) in [6.07, 6.45) is 6.38. The molecule has 1 aliphatic carbocycles. The number of amides is 1. The predicted molar refractivity (Wildman–Crippen MR) is 70.3 cm³/mol. The monoisotopic (exact) mass is 263 g/mol. The van der Waals surface area contributed by atoms with Crippen LogP contribution >= 0.6 is 0 Å². The van der Waals surface area contributed by atoms with Gasteiger partial charge in [0.2, 0.25) is 0 Å². The smallest absolute Gasteiger partial charge is 0.313 e. The standard InChI is InChI=1S/C15H21NO3/c1-13(2)14(3)7-8-15(13,19-12(14)18)11(17)16-9-5-4-6-10-16/h4-5H,6-10H2,1-3H3/t14-,15+/m0/s1. The zero-order valence-electron chi connectivity index (χ0n) is 11.9. The number of hydrogen-bond donors (Lipinski definition) is 0. The second kappa shape index (κ2) is 3.62. The van der Waals surface area contributed by atoms with Crippen LogP contribution in [0.2, 0.25) is 0 Å². The maximum absolute atomic E-state index is 12.9. The van der Waals surface area contributed by atoms with Crippen molar-refractivity contribution in [2.45, 2.75) is 45.6 Å². The van der Waals surface area contributed by atoms with Crippen molar-refractivity contribution in [2.75, 3.05) is 13.1 Å². The van der Waals surface area contributed by atoms with Gasteiger partial charge in [0.05, 0.1) is 5.41 Å². The van der Waals surface area contributed by atoms with Crippen molar-refractivity contribution in [3.05, 3.63) is 12.2 Å². The van der Waals surface area contributed by atoms with Gasteiger partial charge in [0.15, 0.2) is 5.60 Å². The van der Waals surface area contributed by atoms with Gasteiger partial charge in [0.25, 0.3) is 5.91 Å². The van der Waals surface area contributed by atoms with E-state index in [2.05, 4.69) is 6.08 Å². The number of rotatable bonds is 1. The van der Waals surface area contributed by atoms with Crippen LogP contribution in [0.1, 0.15) is 40.0 Å². The van der Waals surface area contributed by atoms with E-state index in [4.69, 9.17) is 4.74 Å². The summed E-state index contributed by atoms with van der Waals surface area (Å²) in [5, 5.41) is 0. The summed E-state index contributed by atoms with van der Waals surface area (Å²) in [4.78, 5) is 26.9. The number of ether oxygens (including phenoxy) is 1. The minimum Gasteiger partial charge on any atom is -0.448 e. The molecule has 0 aromatic heterocycles. The third-order valence-corrected chi connectivity index (χ3v) is 5.77. The average molecular weight is 263 g/mol. The van der Waals surface area contributed by atoms with Crippen molar-refractivity contribution < 1.29 is 14.3 Å². The van der Waals surface area contributed by atoms with Gasteiger partial charge in [-0.2, -0.15) is 0 Å². The van der Waals surface area contributed by atoms with E-state index in [9.17, 15) is 9.59 Å². The van der Waals surface area contributed by atoms with Crippen LogP contribution in [-0.2, 0) is 14.3 Å². The highest BCUT2D eigenvalue weighted by atomic mass is 16.6. The lowest BCUT2D eigenvalue weighted by molar-refractivity contribution is -0.173. The summed E-state index contributed by atoms with van der Waals surface area (Å²) in [7, 11) is 0. The first kappa shape index (κ1) is 12.7. The molecule has 2 heterocycles. The normalized spacial score (nSPS) is 39.5. The highest BCUT2D eigenvalue weighted by Crippen LogP contribution is 2.65. The molecule has 104 valence electrons. The number of esters is 1. The van der Waals surface area contributed by atoms with Crippen LogP contribution in [0.4, 0.5) is 0 Å². The van der Waals surface area contributed by atoms with Gasteiger partial charge in [-0.15, -0.1) is 0 Å². The molecule has 0 spiro atoms. The molecule has 1 saturated heterocycles. The number of carbonyl (C=O) groups excluding carboxylic acids is 2. The quantitative estimate of drug-likeness (QED) is 0.536.